The topological polar surface area (TPSA) is 52.4 Å². The average molecular weight is 211 g/mol. The van der Waals surface area contributed by atoms with E-state index in [-0.39, 0.29) is 11.9 Å². The van der Waals surface area contributed by atoms with Gasteiger partial charge in [0, 0.05) is 0 Å². The minimum absolute atomic E-state index is 0.00509. The zero-order valence-corrected chi connectivity index (χ0v) is 7.98. The number of para-hydroxylation sites is 1. The van der Waals surface area contributed by atoms with Gasteiger partial charge in [-0.2, -0.15) is 4.39 Å². The third kappa shape index (κ3) is 1.91. The number of halogens is 1. The largest absolute Gasteiger partial charge is 0.483 e. The second kappa shape index (κ2) is 3.84. The van der Waals surface area contributed by atoms with Crippen molar-refractivity contribution in [2.75, 3.05) is 0 Å². The Kier molecular flexibility index (Phi) is 2.53. The van der Waals surface area contributed by atoms with Crippen LogP contribution in [0.1, 0.15) is 19.3 Å². The van der Waals surface area contributed by atoms with Gasteiger partial charge in [-0.1, -0.05) is 6.07 Å². The van der Waals surface area contributed by atoms with Crippen molar-refractivity contribution in [2.24, 2.45) is 0 Å². The van der Waals surface area contributed by atoms with Gasteiger partial charge in [-0.3, -0.25) is 10.1 Å². The van der Waals surface area contributed by atoms with Crippen molar-refractivity contribution in [3.05, 3.63) is 34.1 Å². The third-order valence-corrected chi connectivity index (χ3v) is 2.48. The van der Waals surface area contributed by atoms with Crippen LogP contribution in [0.25, 0.3) is 0 Å². The predicted octanol–water partition coefficient (Wildman–Crippen LogP) is 2.67. The van der Waals surface area contributed by atoms with Gasteiger partial charge >= 0.3 is 5.69 Å². The van der Waals surface area contributed by atoms with E-state index in [9.17, 15) is 14.5 Å². The summed E-state index contributed by atoms with van der Waals surface area (Å²) in [5.41, 5.74) is -0.565. The molecule has 0 saturated heterocycles. The van der Waals surface area contributed by atoms with E-state index in [0.29, 0.717) is 0 Å². The monoisotopic (exact) mass is 211 g/mol. The van der Waals surface area contributed by atoms with Crippen LogP contribution in [-0.2, 0) is 0 Å². The minimum atomic E-state index is -0.850. The van der Waals surface area contributed by atoms with Crippen molar-refractivity contribution >= 4 is 5.69 Å². The molecule has 80 valence electrons. The molecule has 15 heavy (non-hydrogen) atoms. The highest BCUT2D eigenvalue weighted by molar-refractivity contribution is 5.47. The van der Waals surface area contributed by atoms with Gasteiger partial charge in [0.05, 0.1) is 11.0 Å². The molecular formula is C10H10FNO3. The summed E-state index contributed by atoms with van der Waals surface area (Å²) in [5, 5.41) is 10.6. The molecule has 2 rings (SSSR count). The number of nitrogens with zero attached hydrogens (tertiary/aromatic N) is 1. The molecule has 0 N–H and O–H groups in total. The zero-order chi connectivity index (χ0) is 10.8. The summed E-state index contributed by atoms with van der Waals surface area (Å²) in [5.74, 6) is -0.818. The number of nitro groups is 1. The smallest absolute Gasteiger partial charge is 0.346 e. The molecule has 1 aromatic rings. The van der Waals surface area contributed by atoms with E-state index in [1.807, 2.05) is 0 Å². The molecule has 0 heterocycles. The van der Waals surface area contributed by atoms with E-state index >= 15 is 0 Å². The SMILES string of the molecule is O=[N+]([O-])c1c(F)cccc1OC1CCC1. The Morgan fingerprint density at radius 2 is 2.20 bits per heavy atom. The average Bonchev–Trinajstić information content (AvgIpc) is 2.10. The summed E-state index contributed by atoms with van der Waals surface area (Å²) in [6.45, 7) is 0. The van der Waals surface area contributed by atoms with E-state index in [2.05, 4.69) is 0 Å². The van der Waals surface area contributed by atoms with Gasteiger partial charge < -0.3 is 4.74 Å². The van der Waals surface area contributed by atoms with Crippen molar-refractivity contribution in [2.45, 2.75) is 25.4 Å². The lowest BCUT2D eigenvalue weighted by molar-refractivity contribution is -0.388. The maximum Gasteiger partial charge on any atom is 0.346 e. The van der Waals surface area contributed by atoms with Crippen LogP contribution in [0, 0.1) is 15.9 Å². The highest BCUT2D eigenvalue weighted by atomic mass is 19.1. The zero-order valence-electron chi connectivity index (χ0n) is 7.98. The summed E-state index contributed by atoms with van der Waals surface area (Å²) in [4.78, 5) is 9.87. The first-order chi connectivity index (χ1) is 7.18. The summed E-state index contributed by atoms with van der Waals surface area (Å²) >= 11 is 0. The highest BCUT2D eigenvalue weighted by Gasteiger charge is 2.26. The molecule has 1 fully saturated rings. The second-order valence-electron chi connectivity index (χ2n) is 3.51. The van der Waals surface area contributed by atoms with E-state index in [4.69, 9.17) is 4.74 Å². The molecule has 1 aliphatic carbocycles. The third-order valence-electron chi connectivity index (χ3n) is 2.48. The Morgan fingerprint density at radius 1 is 1.47 bits per heavy atom. The number of hydrogen-bond donors (Lipinski definition) is 0. The fraction of sp³-hybridized carbons (Fsp3) is 0.400. The number of nitro benzene ring substituents is 1. The fourth-order valence-corrected chi connectivity index (χ4v) is 1.44. The van der Waals surface area contributed by atoms with E-state index < -0.39 is 16.4 Å². The Hall–Kier alpha value is -1.65. The summed E-state index contributed by atoms with van der Waals surface area (Å²) < 4.78 is 18.5. The number of hydrogen-bond acceptors (Lipinski definition) is 3. The molecule has 0 amide bonds. The van der Waals surface area contributed by atoms with Crippen molar-refractivity contribution in [1.82, 2.24) is 0 Å². The van der Waals surface area contributed by atoms with Gasteiger partial charge in [-0.15, -0.1) is 0 Å². The molecule has 0 unspecified atom stereocenters. The van der Waals surface area contributed by atoms with Crippen LogP contribution in [0.3, 0.4) is 0 Å². The predicted molar refractivity (Wildman–Crippen MR) is 51.3 cm³/mol. The lowest BCUT2D eigenvalue weighted by Gasteiger charge is -2.26. The lowest BCUT2D eigenvalue weighted by Crippen LogP contribution is -2.25. The Morgan fingerprint density at radius 3 is 2.73 bits per heavy atom. The molecule has 0 radical (unpaired) electrons. The first-order valence-corrected chi connectivity index (χ1v) is 4.78. The summed E-state index contributed by atoms with van der Waals surface area (Å²) in [6, 6.07) is 3.90. The summed E-state index contributed by atoms with van der Waals surface area (Å²) in [6.07, 6.45) is 2.83. The van der Waals surface area contributed by atoms with Gasteiger partial charge in [0.1, 0.15) is 0 Å². The number of ether oxygens (including phenoxy) is 1. The van der Waals surface area contributed by atoms with Crippen LogP contribution in [-0.4, -0.2) is 11.0 Å². The quantitative estimate of drug-likeness (QED) is 0.570. The van der Waals surface area contributed by atoms with Crippen LogP contribution >= 0.6 is 0 Å². The van der Waals surface area contributed by atoms with Crippen LogP contribution in [0.15, 0.2) is 18.2 Å². The molecule has 0 aliphatic heterocycles. The van der Waals surface area contributed by atoms with Crippen LogP contribution in [0.4, 0.5) is 10.1 Å². The van der Waals surface area contributed by atoms with Crippen molar-refractivity contribution < 1.29 is 14.1 Å². The first-order valence-electron chi connectivity index (χ1n) is 4.78. The molecule has 1 aliphatic rings. The summed E-state index contributed by atoms with van der Waals surface area (Å²) in [7, 11) is 0. The number of rotatable bonds is 3. The van der Waals surface area contributed by atoms with Crippen molar-refractivity contribution in [3.8, 4) is 5.75 Å². The van der Waals surface area contributed by atoms with Gasteiger partial charge in [-0.05, 0) is 31.4 Å². The Bertz CT molecular complexity index is 390. The number of benzene rings is 1. The minimum Gasteiger partial charge on any atom is -0.483 e. The van der Waals surface area contributed by atoms with Crippen LogP contribution in [0.2, 0.25) is 0 Å². The molecule has 1 saturated carbocycles. The highest BCUT2D eigenvalue weighted by Crippen LogP contribution is 2.33. The van der Waals surface area contributed by atoms with Crippen molar-refractivity contribution in [1.29, 1.82) is 0 Å². The molecule has 4 nitrogen and oxygen atoms in total. The maximum atomic E-state index is 13.2. The van der Waals surface area contributed by atoms with E-state index in [0.717, 1.165) is 25.3 Å². The molecule has 0 spiro atoms. The Labute approximate surface area is 85.8 Å². The van der Waals surface area contributed by atoms with Crippen LogP contribution in [0.5, 0.6) is 5.75 Å². The molecule has 0 atom stereocenters. The van der Waals surface area contributed by atoms with Crippen LogP contribution < -0.4 is 4.74 Å². The second-order valence-corrected chi connectivity index (χ2v) is 3.51. The van der Waals surface area contributed by atoms with Gasteiger partial charge in [0.2, 0.25) is 11.6 Å². The normalized spacial score (nSPS) is 15.8. The standard InChI is InChI=1S/C10H10FNO3/c11-8-5-2-6-9(10(8)12(13)14)15-7-3-1-4-7/h2,5-7H,1,3-4H2. The van der Waals surface area contributed by atoms with E-state index in [1.165, 1.54) is 12.1 Å². The van der Waals surface area contributed by atoms with Crippen molar-refractivity contribution in [3.63, 3.8) is 0 Å². The lowest BCUT2D eigenvalue weighted by atomic mass is 9.96. The Balaban J connectivity index is 2.27. The maximum absolute atomic E-state index is 13.2. The van der Waals surface area contributed by atoms with E-state index in [1.54, 1.807) is 0 Å². The molecule has 0 bridgehead atoms. The first kappa shape index (κ1) is 9.89. The molecule has 0 aromatic heterocycles. The van der Waals surface area contributed by atoms with Gasteiger partial charge in [0.15, 0.2) is 0 Å². The molecule has 1 aromatic carbocycles. The molecular weight excluding hydrogens is 201 g/mol. The van der Waals surface area contributed by atoms with Gasteiger partial charge in [-0.25, -0.2) is 0 Å². The van der Waals surface area contributed by atoms with Gasteiger partial charge in [0.25, 0.3) is 0 Å². The molecule has 5 heteroatoms. The fourth-order valence-electron chi connectivity index (χ4n) is 1.44.